The fourth-order valence-corrected chi connectivity index (χ4v) is 4.98. The van der Waals surface area contributed by atoms with Crippen LogP contribution in [0.5, 0.6) is 0 Å². The molecule has 9 nitrogen and oxygen atoms in total. The molecular formula is C21H35N5O4S. The Kier molecular flexibility index (Phi) is 9.89. The van der Waals surface area contributed by atoms with Crippen molar-refractivity contribution in [2.75, 3.05) is 51.6 Å². The lowest BCUT2D eigenvalue weighted by Gasteiger charge is -2.26. The highest BCUT2D eigenvalue weighted by atomic mass is 32.2. The van der Waals surface area contributed by atoms with E-state index in [2.05, 4.69) is 15.5 Å². The van der Waals surface area contributed by atoms with Crippen molar-refractivity contribution in [2.24, 2.45) is 5.73 Å². The van der Waals surface area contributed by atoms with Crippen molar-refractivity contribution in [3.63, 3.8) is 0 Å². The number of carbonyl (C=O) groups is 2. The smallest absolute Gasteiger partial charge is 0.313 e. The average molecular weight is 454 g/mol. The minimum absolute atomic E-state index is 0.122. The first-order valence-corrected chi connectivity index (χ1v) is 12.3. The van der Waals surface area contributed by atoms with Gasteiger partial charge in [0.05, 0.1) is 4.90 Å². The van der Waals surface area contributed by atoms with E-state index in [1.807, 2.05) is 7.05 Å². The van der Waals surface area contributed by atoms with E-state index in [0.29, 0.717) is 43.9 Å². The van der Waals surface area contributed by atoms with Crippen LogP contribution in [0.3, 0.4) is 0 Å². The largest absolute Gasteiger partial charge is 0.348 e. The highest BCUT2D eigenvalue weighted by molar-refractivity contribution is 7.89. The Labute approximate surface area is 185 Å². The molecule has 1 aromatic rings. The van der Waals surface area contributed by atoms with Gasteiger partial charge in [0.25, 0.3) is 0 Å². The molecule has 1 aliphatic heterocycles. The fourth-order valence-electron chi connectivity index (χ4n) is 3.43. The molecular weight excluding hydrogens is 418 g/mol. The van der Waals surface area contributed by atoms with Crippen molar-refractivity contribution in [1.29, 1.82) is 0 Å². The molecule has 0 aliphatic carbocycles. The van der Waals surface area contributed by atoms with Crippen LogP contribution in [0, 0.1) is 6.92 Å². The van der Waals surface area contributed by atoms with Gasteiger partial charge in [0, 0.05) is 25.3 Å². The lowest BCUT2D eigenvalue weighted by molar-refractivity contribution is -0.136. The number of hydrogen-bond donors (Lipinski definition) is 3. The van der Waals surface area contributed by atoms with Crippen LogP contribution >= 0.6 is 0 Å². The van der Waals surface area contributed by atoms with Crippen molar-refractivity contribution in [1.82, 2.24) is 14.5 Å². The molecule has 1 saturated heterocycles. The second kappa shape index (κ2) is 12.1. The predicted octanol–water partition coefficient (Wildman–Crippen LogP) is 0.895. The number of nitrogens with one attached hydrogen (secondary N) is 2. The number of benzene rings is 1. The van der Waals surface area contributed by atoms with Gasteiger partial charge in [0.1, 0.15) is 0 Å². The fraction of sp³-hybridized carbons (Fsp3) is 0.619. The van der Waals surface area contributed by atoms with Crippen LogP contribution in [0.1, 0.15) is 37.7 Å². The molecule has 0 unspecified atom stereocenters. The van der Waals surface area contributed by atoms with E-state index >= 15 is 0 Å². The maximum Gasteiger partial charge on any atom is 0.313 e. The van der Waals surface area contributed by atoms with Gasteiger partial charge in [-0.1, -0.05) is 12.5 Å². The second-order valence-corrected chi connectivity index (χ2v) is 9.89. The molecule has 2 rings (SSSR count). The first-order valence-electron chi connectivity index (χ1n) is 10.8. The molecule has 0 atom stereocenters. The minimum Gasteiger partial charge on any atom is -0.348 e. The Hall–Kier alpha value is -2.01. The molecule has 31 heavy (non-hydrogen) atoms. The van der Waals surface area contributed by atoms with E-state index in [9.17, 15) is 18.0 Å². The van der Waals surface area contributed by atoms with Crippen molar-refractivity contribution in [3.05, 3.63) is 23.8 Å². The molecule has 0 radical (unpaired) electrons. The SMILES string of the molecule is Cc1ccc(S(=O)(=O)N2CCCCC2)cc1NC(=O)C(=O)NCCCN(C)CCCN. The number of sulfonamides is 1. The van der Waals surface area contributed by atoms with Crippen molar-refractivity contribution in [2.45, 2.75) is 43.9 Å². The summed E-state index contributed by atoms with van der Waals surface area (Å²) in [6, 6.07) is 4.61. The van der Waals surface area contributed by atoms with Crippen LogP contribution in [0.2, 0.25) is 0 Å². The van der Waals surface area contributed by atoms with Gasteiger partial charge >= 0.3 is 11.8 Å². The first-order chi connectivity index (χ1) is 14.8. The van der Waals surface area contributed by atoms with E-state index in [4.69, 9.17) is 5.73 Å². The summed E-state index contributed by atoms with van der Waals surface area (Å²) in [5.74, 6) is -1.56. The molecule has 0 bridgehead atoms. The summed E-state index contributed by atoms with van der Waals surface area (Å²) in [6.07, 6.45) is 4.34. The zero-order valence-electron chi connectivity index (χ0n) is 18.5. The van der Waals surface area contributed by atoms with Gasteiger partial charge in [0.15, 0.2) is 0 Å². The molecule has 1 aliphatic rings. The summed E-state index contributed by atoms with van der Waals surface area (Å²) < 4.78 is 27.3. The molecule has 1 fully saturated rings. The van der Waals surface area contributed by atoms with E-state index in [-0.39, 0.29) is 4.90 Å². The number of nitrogens with two attached hydrogens (primary N) is 1. The van der Waals surface area contributed by atoms with E-state index < -0.39 is 21.8 Å². The summed E-state index contributed by atoms with van der Waals surface area (Å²) in [7, 11) is -1.64. The maximum atomic E-state index is 12.9. The number of piperidine rings is 1. The zero-order chi connectivity index (χ0) is 22.9. The van der Waals surface area contributed by atoms with Crippen LogP contribution < -0.4 is 16.4 Å². The molecule has 10 heteroatoms. The van der Waals surface area contributed by atoms with Gasteiger partial charge in [-0.25, -0.2) is 8.42 Å². The monoisotopic (exact) mass is 453 g/mol. The lowest BCUT2D eigenvalue weighted by atomic mass is 10.2. The highest BCUT2D eigenvalue weighted by Crippen LogP contribution is 2.25. The van der Waals surface area contributed by atoms with Gasteiger partial charge in [-0.05, 0) is 77.0 Å². The predicted molar refractivity (Wildman–Crippen MR) is 121 cm³/mol. The third kappa shape index (κ3) is 7.57. The van der Waals surface area contributed by atoms with Crippen molar-refractivity contribution >= 4 is 27.5 Å². The number of rotatable bonds is 10. The Bertz CT molecular complexity index is 853. The minimum atomic E-state index is -3.62. The normalized spacial score (nSPS) is 15.1. The molecule has 1 heterocycles. The van der Waals surface area contributed by atoms with Gasteiger partial charge in [-0.3, -0.25) is 9.59 Å². The number of carbonyl (C=O) groups excluding carboxylic acids is 2. The zero-order valence-corrected chi connectivity index (χ0v) is 19.3. The van der Waals surface area contributed by atoms with E-state index in [1.165, 1.54) is 16.4 Å². The van der Waals surface area contributed by atoms with Crippen LogP contribution in [0.15, 0.2) is 23.1 Å². The van der Waals surface area contributed by atoms with Gasteiger partial charge in [-0.2, -0.15) is 4.31 Å². The summed E-state index contributed by atoms with van der Waals surface area (Å²) >= 11 is 0. The first kappa shape index (κ1) is 25.3. The van der Waals surface area contributed by atoms with Crippen molar-refractivity contribution in [3.8, 4) is 0 Å². The molecule has 2 amide bonds. The Morgan fingerprint density at radius 2 is 1.77 bits per heavy atom. The number of anilines is 1. The Morgan fingerprint density at radius 3 is 2.45 bits per heavy atom. The van der Waals surface area contributed by atoms with Gasteiger partial charge in [-0.15, -0.1) is 0 Å². The highest BCUT2D eigenvalue weighted by Gasteiger charge is 2.26. The van der Waals surface area contributed by atoms with Crippen LogP contribution in [-0.2, 0) is 19.6 Å². The third-order valence-corrected chi connectivity index (χ3v) is 7.26. The second-order valence-electron chi connectivity index (χ2n) is 7.95. The number of aryl methyl sites for hydroxylation is 1. The molecule has 0 spiro atoms. The molecule has 4 N–H and O–H groups in total. The Morgan fingerprint density at radius 1 is 1.10 bits per heavy atom. The third-order valence-electron chi connectivity index (χ3n) is 5.36. The molecule has 0 saturated carbocycles. The summed E-state index contributed by atoms with van der Waals surface area (Å²) in [4.78, 5) is 26.7. The standard InChI is InChI=1S/C21H35N5O4S/c1-17-8-9-18(31(29,30)26-14-4-3-5-15-26)16-19(17)24-21(28)20(27)23-11-7-13-25(2)12-6-10-22/h8-9,16H,3-7,10-15,22H2,1-2H3,(H,23,27)(H,24,28). The van der Waals surface area contributed by atoms with Crippen LogP contribution in [-0.4, -0.2) is 75.8 Å². The van der Waals surface area contributed by atoms with Crippen LogP contribution in [0.4, 0.5) is 5.69 Å². The average Bonchev–Trinajstić information content (AvgIpc) is 2.77. The van der Waals surface area contributed by atoms with Crippen LogP contribution in [0.25, 0.3) is 0 Å². The topological polar surface area (TPSA) is 125 Å². The van der Waals surface area contributed by atoms with E-state index in [1.54, 1.807) is 13.0 Å². The van der Waals surface area contributed by atoms with E-state index in [0.717, 1.165) is 38.8 Å². The van der Waals surface area contributed by atoms with Gasteiger partial charge < -0.3 is 21.3 Å². The lowest BCUT2D eigenvalue weighted by Crippen LogP contribution is -2.37. The summed E-state index contributed by atoms with van der Waals surface area (Å²) in [5.41, 5.74) is 6.49. The molecule has 0 aromatic heterocycles. The molecule has 1 aromatic carbocycles. The molecule has 174 valence electrons. The summed E-state index contributed by atoms with van der Waals surface area (Å²) in [5, 5.41) is 5.15. The number of amides is 2. The number of hydrogen-bond acceptors (Lipinski definition) is 6. The summed E-state index contributed by atoms with van der Waals surface area (Å²) in [6.45, 7) is 5.45. The maximum absolute atomic E-state index is 12.9. The van der Waals surface area contributed by atoms with Crippen molar-refractivity contribution < 1.29 is 18.0 Å². The van der Waals surface area contributed by atoms with Gasteiger partial charge in [0.2, 0.25) is 10.0 Å². The quantitative estimate of drug-likeness (QED) is 0.357. The number of nitrogens with zero attached hydrogens (tertiary/aromatic N) is 2. The Balaban J connectivity index is 1.92.